The Morgan fingerprint density at radius 2 is 1.54 bits per heavy atom. The number of nitrogens with zero attached hydrogens (tertiary/aromatic N) is 2. The van der Waals surface area contributed by atoms with Crippen LogP contribution in [-0.2, 0) is 21.3 Å². The Labute approximate surface area is 172 Å². The van der Waals surface area contributed by atoms with Crippen LogP contribution in [0.3, 0.4) is 0 Å². The third kappa shape index (κ3) is 4.01. The molecule has 1 aliphatic rings. The van der Waals surface area contributed by atoms with Crippen molar-refractivity contribution in [2.75, 3.05) is 29.0 Å². The maximum absolute atomic E-state index is 12.1. The van der Waals surface area contributed by atoms with Crippen LogP contribution in [0.25, 0.3) is 0 Å². The van der Waals surface area contributed by atoms with Crippen molar-refractivity contribution < 1.29 is 9.53 Å². The standard InChI is InChI=1S/C22H27N2O2PS/c1-4-26-22(25)17-18(2)19(3)27(28)23(20-11-7-5-8-12-20)15-16-24(27)21-13-9-6-10-14-21/h5-14,18H,3-4,15-17H2,1-2H3. The Hall–Kier alpha value is -2.10. The molecule has 1 saturated heterocycles. The summed E-state index contributed by atoms with van der Waals surface area (Å²) < 4.78 is 9.79. The van der Waals surface area contributed by atoms with Crippen LogP contribution in [0.15, 0.2) is 72.6 Å². The summed E-state index contributed by atoms with van der Waals surface area (Å²) in [5.41, 5.74) is 2.21. The van der Waals surface area contributed by atoms with Crippen molar-refractivity contribution in [3.63, 3.8) is 0 Å². The van der Waals surface area contributed by atoms with Gasteiger partial charge in [0.05, 0.1) is 13.0 Å². The lowest BCUT2D eigenvalue weighted by Gasteiger charge is -2.39. The molecule has 0 amide bonds. The molecule has 148 valence electrons. The van der Waals surface area contributed by atoms with Crippen molar-refractivity contribution in [1.29, 1.82) is 0 Å². The van der Waals surface area contributed by atoms with Gasteiger partial charge in [-0.1, -0.05) is 49.9 Å². The highest BCUT2D eigenvalue weighted by molar-refractivity contribution is 8.18. The highest BCUT2D eigenvalue weighted by Gasteiger charge is 2.42. The van der Waals surface area contributed by atoms with E-state index in [-0.39, 0.29) is 11.9 Å². The molecule has 0 N–H and O–H groups in total. The van der Waals surface area contributed by atoms with Crippen LogP contribution in [-0.4, -0.2) is 25.7 Å². The zero-order chi connectivity index (χ0) is 20.1. The maximum atomic E-state index is 12.1. The first-order chi connectivity index (χ1) is 13.5. The van der Waals surface area contributed by atoms with Gasteiger partial charge < -0.3 is 14.1 Å². The van der Waals surface area contributed by atoms with Crippen LogP contribution < -0.4 is 9.34 Å². The molecule has 2 aromatic carbocycles. The molecule has 3 rings (SSSR count). The van der Waals surface area contributed by atoms with Gasteiger partial charge in [-0.3, -0.25) is 4.79 Å². The Bertz CT molecular complexity index is 821. The van der Waals surface area contributed by atoms with E-state index in [0.717, 1.165) is 29.8 Å². The van der Waals surface area contributed by atoms with Crippen LogP contribution in [0.5, 0.6) is 0 Å². The summed E-state index contributed by atoms with van der Waals surface area (Å²) in [5, 5.41) is 0.945. The number of hydrogen-bond donors (Lipinski definition) is 0. The average molecular weight is 415 g/mol. The van der Waals surface area contributed by atoms with Crippen LogP contribution in [0.2, 0.25) is 0 Å². The number of benzene rings is 2. The third-order valence-electron chi connectivity index (χ3n) is 5.01. The number of anilines is 2. The summed E-state index contributed by atoms with van der Waals surface area (Å²) in [7, 11) is 0. The molecule has 0 spiro atoms. The van der Waals surface area contributed by atoms with E-state index in [4.69, 9.17) is 16.5 Å². The summed E-state index contributed by atoms with van der Waals surface area (Å²) in [6.45, 7) is 10.3. The fraction of sp³-hybridized carbons (Fsp3) is 0.318. The quantitative estimate of drug-likeness (QED) is 0.446. The molecule has 2 aromatic rings. The minimum absolute atomic E-state index is 0.0552. The Morgan fingerprint density at radius 3 is 1.96 bits per heavy atom. The van der Waals surface area contributed by atoms with Crippen molar-refractivity contribution in [1.82, 2.24) is 0 Å². The maximum Gasteiger partial charge on any atom is 0.306 e. The first-order valence-electron chi connectivity index (χ1n) is 9.59. The predicted molar refractivity (Wildman–Crippen MR) is 121 cm³/mol. The predicted octanol–water partition coefficient (Wildman–Crippen LogP) is 5.43. The summed E-state index contributed by atoms with van der Waals surface area (Å²) >= 11 is 6.40. The number of rotatable bonds is 7. The fourth-order valence-corrected chi connectivity index (χ4v) is 8.30. The van der Waals surface area contributed by atoms with Crippen molar-refractivity contribution in [2.45, 2.75) is 20.3 Å². The molecule has 0 bridgehead atoms. The zero-order valence-corrected chi connectivity index (χ0v) is 18.2. The SMILES string of the molecule is C=C(C(C)CC(=O)OCC)P1(=S)N(c2ccccc2)CCN1c1ccccc1. The number of allylic oxidation sites excluding steroid dienone is 1. The van der Waals surface area contributed by atoms with Gasteiger partial charge in [0.25, 0.3) is 0 Å². The minimum atomic E-state index is -2.36. The van der Waals surface area contributed by atoms with Crippen LogP contribution in [0.4, 0.5) is 11.4 Å². The van der Waals surface area contributed by atoms with E-state index in [2.05, 4.69) is 40.2 Å². The molecule has 6 heteroatoms. The van der Waals surface area contributed by atoms with Gasteiger partial charge in [-0.2, -0.15) is 0 Å². The monoisotopic (exact) mass is 414 g/mol. The second kappa shape index (κ2) is 8.93. The summed E-state index contributed by atoms with van der Waals surface area (Å²) in [6.07, 6.45) is -2.06. The van der Waals surface area contributed by atoms with Crippen LogP contribution >= 0.6 is 6.34 Å². The van der Waals surface area contributed by atoms with E-state index in [1.54, 1.807) is 0 Å². The van der Waals surface area contributed by atoms with Crippen molar-refractivity contribution in [2.24, 2.45) is 5.92 Å². The molecular formula is C22H27N2O2PS. The molecule has 1 atom stereocenters. The van der Waals surface area contributed by atoms with E-state index < -0.39 is 6.34 Å². The molecule has 1 unspecified atom stereocenters. The van der Waals surface area contributed by atoms with Gasteiger partial charge >= 0.3 is 5.97 Å². The van der Waals surface area contributed by atoms with Gasteiger partial charge in [-0.05, 0) is 54.2 Å². The van der Waals surface area contributed by atoms with Crippen LogP contribution in [0, 0.1) is 5.92 Å². The lowest BCUT2D eigenvalue weighted by Crippen LogP contribution is -2.23. The van der Waals surface area contributed by atoms with Crippen LogP contribution in [0.1, 0.15) is 20.3 Å². The van der Waals surface area contributed by atoms with Gasteiger partial charge in [-0.25, -0.2) is 0 Å². The van der Waals surface area contributed by atoms with Gasteiger partial charge in [-0.15, -0.1) is 0 Å². The molecule has 1 aliphatic heterocycles. The third-order valence-corrected chi connectivity index (χ3v) is 10.3. The van der Waals surface area contributed by atoms with Gasteiger partial charge in [0, 0.05) is 24.5 Å². The van der Waals surface area contributed by atoms with Gasteiger partial charge in [0.15, 0.2) is 0 Å². The summed E-state index contributed by atoms with van der Waals surface area (Å²) in [5.74, 6) is -0.255. The molecule has 0 aromatic heterocycles. The first kappa shape index (κ1) is 20.6. The Balaban J connectivity index is 1.98. The molecule has 0 aliphatic carbocycles. The topological polar surface area (TPSA) is 32.8 Å². The largest absolute Gasteiger partial charge is 0.466 e. The molecule has 0 radical (unpaired) electrons. The van der Waals surface area contributed by atoms with Gasteiger partial charge in [0.2, 0.25) is 0 Å². The van der Waals surface area contributed by atoms with E-state index in [0.29, 0.717) is 13.0 Å². The number of carbonyl (C=O) groups excluding carboxylic acids is 1. The highest BCUT2D eigenvalue weighted by atomic mass is 32.4. The summed E-state index contributed by atoms with van der Waals surface area (Å²) in [4.78, 5) is 12.1. The highest BCUT2D eigenvalue weighted by Crippen LogP contribution is 2.67. The zero-order valence-electron chi connectivity index (χ0n) is 16.5. The number of hydrogen-bond acceptors (Lipinski definition) is 3. The van der Waals surface area contributed by atoms with Crippen molar-refractivity contribution >= 4 is 35.5 Å². The van der Waals surface area contributed by atoms with E-state index in [1.165, 1.54) is 0 Å². The molecule has 1 heterocycles. The number of ether oxygens (including phenoxy) is 1. The van der Waals surface area contributed by atoms with Crippen molar-refractivity contribution in [3.8, 4) is 0 Å². The molecule has 28 heavy (non-hydrogen) atoms. The normalized spacial score (nSPS) is 16.6. The van der Waals surface area contributed by atoms with E-state index in [1.807, 2.05) is 50.2 Å². The molecular weight excluding hydrogens is 387 g/mol. The second-order valence-electron chi connectivity index (χ2n) is 6.86. The fourth-order valence-electron chi connectivity index (χ4n) is 3.55. The molecule has 1 fully saturated rings. The van der Waals surface area contributed by atoms with E-state index in [9.17, 15) is 4.79 Å². The smallest absolute Gasteiger partial charge is 0.306 e. The molecule has 0 saturated carbocycles. The van der Waals surface area contributed by atoms with E-state index >= 15 is 0 Å². The number of carbonyl (C=O) groups is 1. The Kier molecular flexibility index (Phi) is 6.58. The summed E-state index contributed by atoms with van der Waals surface area (Å²) in [6, 6.07) is 20.5. The average Bonchev–Trinajstić information content (AvgIpc) is 3.07. The number of para-hydroxylation sites is 2. The lowest BCUT2D eigenvalue weighted by molar-refractivity contribution is -0.143. The first-order valence-corrected chi connectivity index (χ1v) is 12.3. The van der Waals surface area contributed by atoms with Gasteiger partial charge in [0.1, 0.15) is 6.34 Å². The second-order valence-corrected chi connectivity index (χ2v) is 11.0. The van der Waals surface area contributed by atoms with Crippen molar-refractivity contribution in [3.05, 3.63) is 72.6 Å². The lowest BCUT2D eigenvalue weighted by atomic mass is 10.1. The minimum Gasteiger partial charge on any atom is -0.466 e. The number of esters is 1. The molecule has 4 nitrogen and oxygen atoms in total. The Morgan fingerprint density at radius 1 is 1.07 bits per heavy atom.